The summed E-state index contributed by atoms with van der Waals surface area (Å²) >= 11 is 3.34. The lowest BCUT2D eigenvalue weighted by Gasteiger charge is -1.97. The van der Waals surface area contributed by atoms with Crippen molar-refractivity contribution in [2.75, 3.05) is 13.1 Å². The van der Waals surface area contributed by atoms with Gasteiger partial charge in [-0.15, -0.1) is 22.7 Å². The first-order valence-electron chi connectivity index (χ1n) is 4.94. The predicted molar refractivity (Wildman–Crippen MR) is 65.5 cm³/mol. The molecular weight excluding hydrogens is 226 g/mol. The normalized spacial score (nSPS) is 10.7. The van der Waals surface area contributed by atoms with E-state index in [2.05, 4.69) is 27.6 Å². The minimum atomic E-state index is 1.00. The summed E-state index contributed by atoms with van der Waals surface area (Å²) in [4.78, 5) is 9.79. The third kappa shape index (κ3) is 2.84. The molecule has 0 aliphatic rings. The van der Waals surface area contributed by atoms with Gasteiger partial charge in [-0.25, -0.2) is 4.98 Å². The summed E-state index contributed by atoms with van der Waals surface area (Å²) in [6.07, 6.45) is 2.88. The van der Waals surface area contributed by atoms with Crippen molar-refractivity contribution in [2.45, 2.75) is 13.3 Å². The molecule has 2 aromatic rings. The molecule has 0 saturated carbocycles. The largest absolute Gasteiger partial charge is 0.317 e. The fourth-order valence-electron chi connectivity index (χ4n) is 1.25. The van der Waals surface area contributed by atoms with Gasteiger partial charge < -0.3 is 5.32 Å². The molecule has 2 rings (SSSR count). The summed E-state index contributed by atoms with van der Waals surface area (Å²) in [5.74, 6) is 0. The van der Waals surface area contributed by atoms with Crippen LogP contribution in [-0.2, 0) is 6.42 Å². The van der Waals surface area contributed by atoms with Gasteiger partial charge >= 0.3 is 0 Å². The maximum Gasteiger partial charge on any atom is 0.135 e. The van der Waals surface area contributed by atoms with Gasteiger partial charge in [0.1, 0.15) is 5.01 Å². The maximum absolute atomic E-state index is 4.57. The van der Waals surface area contributed by atoms with Gasteiger partial charge in [0.15, 0.2) is 0 Å². The van der Waals surface area contributed by atoms with E-state index in [1.165, 1.54) is 5.69 Å². The van der Waals surface area contributed by atoms with Crippen LogP contribution in [0.2, 0.25) is 0 Å². The predicted octanol–water partition coefficient (Wildman–Crippen LogP) is 2.42. The second kappa shape index (κ2) is 5.34. The lowest BCUT2D eigenvalue weighted by molar-refractivity contribution is 0.710. The zero-order valence-electron chi connectivity index (χ0n) is 8.56. The Morgan fingerprint density at radius 3 is 3.07 bits per heavy atom. The van der Waals surface area contributed by atoms with Crippen LogP contribution < -0.4 is 5.32 Å². The van der Waals surface area contributed by atoms with Crippen molar-refractivity contribution in [2.24, 2.45) is 0 Å². The van der Waals surface area contributed by atoms with Gasteiger partial charge in [0.25, 0.3) is 0 Å². The van der Waals surface area contributed by atoms with E-state index >= 15 is 0 Å². The van der Waals surface area contributed by atoms with Crippen LogP contribution in [0.3, 0.4) is 0 Å². The maximum atomic E-state index is 4.57. The van der Waals surface area contributed by atoms with Crippen molar-refractivity contribution in [3.05, 3.63) is 22.8 Å². The smallest absolute Gasteiger partial charge is 0.135 e. The Bertz CT molecular complexity index is 394. The first-order valence-corrected chi connectivity index (χ1v) is 6.70. The van der Waals surface area contributed by atoms with Gasteiger partial charge in [-0.1, -0.05) is 6.92 Å². The number of likely N-dealkylation sites (N-methyl/N-ethyl adjacent to an activating group) is 1. The van der Waals surface area contributed by atoms with E-state index in [-0.39, 0.29) is 0 Å². The molecule has 0 aliphatic heterocycles. The van der Waals surface area contributed by atoms with E-state index in [1.54, 1.807) is 22.7 Å². The molecular formula is C10H13N3S2. The quantitative estimate of drug-likeness (QED) is 0.814. The average molecular weight is 239 g/mol. The van der Waals surface area contributed by atoms with Gasteiger partial charge in [0.05, 0.1) is 16.1 Å². The molecule has 0 spiro atoms. The van der Waals surface area contributed by atoms with E-state index in [9.17, 15) is 0 Å². The van der Waals surface area contributed by atoms with Crippen LogP contribution in [0.25, 0.3) is 9.88 Å². The van der Waals surface area contributed by atoms with Gasteiger partial charge in [-0.05, 0) is 6.54 Å². The number of nitrogens with zero attached hydrogens (tertiary/aromatic N) is 2. The van der Waals surface area contributed by atoms with Crippen molar-refractivity contribution >= 4 is 22.7 Å². The first kappa shape index (κ1) is 10.7. The van der Waals surface area contributed by atoms with Crippen LogP contribution in [0.4, 0.5) is 0 Å². The van der Waals surface area contributed by atoms with E-state index in [0.717, 1.165) is 29.4 Å². The van der Waals surface area contributed by atoms with Gasteiger partial charge in [-0.3, -0.25) is 4.98 Å². The standard InChI is InChI=1S/C10H13N3S2/c1-2-11-4-3-8-6-14-10(13-8)9-5-12-7-15-9/h5-7,11H,2-4H2,1H3. The number of rotatable bonds is 5. The van der Waals surface area contributed by atoms with Crippen molar-refractivity contribution in [3.8, 4) is 9.88 Å². The van der Waals surface area contributed by atoms with Crippen molar-refractivity contribution in [1.29, 1.82) is 0 Å². The minimum absolute atomic E-state index is 1.00. The third-order valence-corrected chi connectivity index (χ3v) is 3.84. The van der Waals surface area contributed by atoms with E-state index in [4.69, 9.17) is 0 Å². The Morgan fingerprint density at radius 1 is 1.40 bits per heavy atom. The Hall–Kier alpha value is -0.780. The van der Waals surface area contributed by atoms with E-state index < -0.39 is 0 Å². The highest BCUT2D eigenvalue weighted by atomic mass is 32.1. The Morgan fingerprint density at radius 2 is 2.33 bits per heavy atom. The summed E-state index contributed by atoms with van der Waals surface area (Å²) < 4.78 is 0. The summed E-state index contributed by atoms with van der Waals surface area (Å²) in [5, 5.41) is 6.51. The van der Waals surface area contributed by atoms with Crippen LogP contribution >= 0.6 is 22.7 Å². The van der Waals surface area contributed by atoms with E-state index in [0.29, 0.717) is 0 Å². The summed E-state index contributed by atoms with van der Waals surface area (Å²) in [5.41, 5.74) is 3.01. The summed E-state index contributed by atoms with van der Waals surface area (Å²) in [6, 6.07) is 0. The van der Waals surface area contributed by atoms with Crippen LogP contribution in [-0.4, -0.2) is 23.1 Å². The second-order valence-electron chi connectivity index (χ2n) is 3.11. The van der Waals surface area contributed by atoms with Gasteiger partial charge in [-0.2, -0.15) is 0 Å². The molecule has 0 aromatic carbocycles. The fourth-order valence-corrected chi connectivity index (χ4v) is 2.80. The highest BCUT2D eigenvalue weighted by Gasteiger charge is 2.05. The molecule has 3 nitrogen and oxygen atoms in total. The second-order valence-corrected chi connectivity index (χ2v) is 4.86. The van der Waals surface area contributed by atoms with Crippen LogP contribution in [0, 0.1) is 0 Å². The summed E-state index contributed by atoms with van der Waals surface area (Å²) in [6.45, 7) is 4.14. The highest BCUT2D eigenvalue weighted by molar-refractivity contribution is 7.19. The average Bonchev–Trinajstić information content (AvgIpc) is 2.87. The summed E-state index contributed by atoms with van der Waals surface area (Å²) in [7, 11) is 0. The van der Waals surface area contributed by atoms with Crippen molar-refractivity contribution in [1.82, 2.24) is 15.3 Å². The number of aromatic nitrogens is 2. The minimum Gasteiger partial charge on any atom is -0.317 e. The lowest BCUT2D eigenvalue weighted by atomic mass is 10.3. The first-order chi connectivity index (χ1) is 7.40. The van der Waals surface area contributed by atoms with Crippen LogP contribution in [0.1, 0.15) is 12.6 Å². The van der Waals surface area contributed by atoms with Crippen LogP contribution in [0.5, 0.6) is 0 Å². The molecule has 0 atom stereocenters. The molecule has 15 heavy (non-hydrogen) atoms. The molecule has 0 aliphatic carbocycles. The fraction of sp³-hybridized carbons (Fsp3) is 0.400. The third-order valence-electron chi connectivity index (χ3n) is 2.00. The molecule has 0 unspecified atom stereocenters. The SMILES string of the molecule is CCNCCc1csc(-c2cncs2)n1. The van der Waals surface area contributed by atoms with Gasteiger partial charge in [0, 0.05) is 24.5 Å². The number of thiazole rings is 2. The Labute approximate surface area is 97.2 Å². The van der Waals surface area contributed by atoms with Crippen molar-refractivity contribution in [3.63, 3.8) is 0 Å². The molecule has 0 radical (unpaired) electrons. The molecule has 0 amide bonds. The molecule has 0 saturated heterocycles. The number of nitrogens with one attached hydrogen (secondary N) is 1. The van der Waals surface area contributed by atoms with E-state index in [1.807, 2.05) is 11.7 Å². The molecule has 0 bridgehead atoms. The lowest BCUT2D eigenvalue weighted by Crippen LogP contribution is -2.16. The zero-order valence-corrected chi connectivity index (χ0v) is 10.2. The van der Waals surface area contributed by atoms with Gasteiger partial charge in [0.2, 0.25) is 0 Å². The molecule has 5 heteroatoms. The molecule has 2 heterocycles. The molecule has 0 fully saturated rings. The Kier molecular flexibility index (Phi) is 3.82. The Balaban J connectivity index is 1.98. The van der Waals surface area contributed by atoms with Crippen molar-refractivity contribution < 1.29 is 0 Å². The highest BCUT2D eigenvalue weighted by Crippen LogP contribution is 2.26. The molecule has 80 valence electrons. The monoisotopic (exact) mass is 239 g/mol. The van der Waals surface area contributed by atoms with Crippen LogP contribution in [0.15, 0.2) is 17.1 Å². The number of hydrogen-bond donors (Lipinski definition) is 1. The zero-order chi connectivity index (χ0) is 10.5. The number of hydrogen-bond acceptors (Lipinski definition) is 5. The topological polar surface area (TPSA) is 37.8 Å². The molecule has 1 N–H and O–H groups in total. The molecule has 2 aromatic heterocycles.